The van der Waals surface area contributed by atoms with E-state index in [-0.39, 0.29) is 18.5 Å². The SMILES string of the molecule is CCCCC/C=C\C/C=C\CCCCCCCCCCCC(=O)OCCCCCCCCCCCCCCCCCC(=O)NC(CO)C(O)CCCCCCCCCCCCCCC. The molecule has 64 heavy (non-hydrogen) atoms. The number of carbonyl (C=O) groups excluding carboxylic acids is 2. The van der Waals surface area contributed by atoms with Crippen LogP contribution in [-0.4, -0.2) is 47.4 Å². The summed E-state index contributed by atoms with van der Waals surface area (Å²) in [6, 6.07) is -0.547. The Morgan fingerprint density at radius 1 is 0.438 bits per heavy atom. The molecule has 378 valence electrons. The van der Waals surface area contributed by atoms with E-state index in [4.69, 9.17) is 4.74 Å². The van der Waals surface area contributed by atoms with Gasteiger partial charge in [-0.15, -0.1) is 0 Å². The van der Waals surface area contributed by atoms with Gasteiger partial charge in [-0.1, -0.05) is 263 Å². The molecule has 0 heterocycles. The van der Waals surface area contributed by atoms with E-state index in [1.54, 1.807) is 0 Å². The molecule has 0 saturated heterocycles. The second-order valence-electron chi connectivity index (χ2n) is 19.6. The fourth-order valence-electron chi connectivity index (χ4n) is 8.85. The van der Waals surface area contributed by atoms with E-state index in [2.05, 4.69) is 43.5 Å². The van der Waals surface area contributed by atoms with Gasteiger partial charge in [0.25, 0.3) is 0 Å². The molecule has 2 atom stereocenters. The summed E-state index contributed by atoms with van der Waals surface area (Å²) in [5.41, 5.74) is 0. The Kier molecular flexibility index (Phi) is 52.6. The lowest BCUT2D eigenvalue weighted by Gasteiger charge is -2.22. The average molecular weight is 903 g/mol. The van der Waals surface area contributed by atoms with Gasteiger partial charge in [0.1, 0.15) is 0 Å². The average Bonchev–Trinajstić information content (AvgIpc) is 3.29. The van der Waals surface area contributed by atoms with E-state index in [0.29, 0.717) is 25.9 Å². The van der Waals surface area contributed by atoms with Gasteiger partial charge in [0, 0.05) is 12.8 Å². The number of carbonyl (C=O) groups is 2. The third-order valence-corrected chi connectivity index (χ3v) is 13.3. The molecular weight excluding hydrogens is 791 g/mol. The van der Waals surface area contributed by atoms with E-state index in [0.717, 1.165) is 57.8 Å². The predicted octanol–water partition coefficient (Wildman–Crippen LogP) is 17.5. The lowest BCUT2D eigenvalue weighted by atomic mass is 10.0. The molecule has 1 amide bonds. The third kappa shape index (κ3) is 49.8. The maximum Gasteiger partial charge on any atom is 0.305 e. The van der Waals surface area contributed by atoms with Crippen molar-refractivity contribution in [2.24, 2.45) is 0 Å². The van der Waals surface area contributed by atoms with Gasteiger partial charge in [-0.2, -0.15) is 0 Å². The monoisotopic (exact) mass is 902 g/mol. The van der Waals surface area contributed by atoms with Crippen LogP contribution in [0.2, 0.25) is 0 Å². The summed E-state index contributed by atoms with van der Waals surface area (Å²) < 4.78 is 5.49. The number of esters is 1. The molecule has 3 N–H and O–H groups in total. The van der Waals surface area contributed by atoms with Crippen molar-refractivity contribution in [1.82, 2.24) is 5.32 Å². The van der Waals surface area contributed by atoms with E-state index < -0.39 is 12.1 Å². The lowest BCUT2D eigenvalue weighted by Crippen LogP contribution is -2.45. The predicted molar refractivity (Wildman–Crippen MR) is 278 cm³/mol. The molecule has 0 spiro atoms. The van der Waals surface area contributed by atoms with Gasteiger partial charge < -0.3 is 20.3 Å². The second kappa shape index (κ2) is 54.0. The molecule has 2 unspecified atom stereocenters. The minimum atomic E-state index is -0.669. The standard InChI is InChI=1S/C58H111NO5/c1-3-5-7-9-11-13-15-17-18-19-20-21-24-28-32-36-40-44-48-52-58(63)64-53-49-45-41-37-33-29-25-22-23-27-31-35-39-43-47-51-57(62)59-55(54-60)56(61)50-46-42-38-34-30-26-16-14-12-10-8-6-4-2/h11,13,17-18,55-56,60-61H,3-10,12,14-16,19-54H2,1-2H3,(H,59,62)/b13-11-,18-17-. The van der Waals surface area contributed by atoms with Crippen LogP contribution in [0.15, 0.2) is 24.3 Å². The van der Waals surface area contributed by atoms with Gasteiger partial charge >= 0.3 is 5.97 Å². The lowest BCUT2D eigenvalue weighted by molar-refractivity contribution is -0.143. The van der Waals surface area contributed by atoms with Crippen LogP contribution >= 0.6 is 0 Å². The molecule has 6 heteroatoms. The van der Waals surface area contributed by atoms with Crippen LogP contribution in [0, 0.1) is 0 Å². The number of aliphatic hydroxyl groups is 2. The smallest absolute Gasteiger partial charge is 0.305 e. The number of allylic oxidation sites excluding steroid dienone is 4. The van der Waals surface area contributed by atoms with Crippen molar-refractivity contribution in [2.45, 2.75) is 321 Å². The highest BCUT2D eigenvalue weighted by Crippen LogP contribution is 2.17. The first-order valence-corrected chi connectivity index (χ1v) is 28.6. The Hall–Kier alpha value is -1.66. The fourth-order valence-corrected chi connectivity index (χ4v) is 8.85. The van der Waals surface area contributed by atoms with Crippen LogP contribution in [0.5, 0.6) is 0 Å². The van der Waals surface area contributed by atoms with E-state index in [1.807, 2.05) is 0 Å². The molecule has 0 radical (unpaired) electrons. The van der Waals surface area contributed by atoms with Crippen LogP contribution < -0.4 is 5.32 Å². The van der Waals surface area contributed by atoms with Crippen molar-refractivity contribution in [3.8, 4) is 0 Å². The first-order chi connectivity index (χ1) is 31.5. The molecule has 0 bridgehead atoms. The molecule has 0 aliphatic carbocycles. The highest BCUT2D eigenvalue weighted by atomic mass is 16.5. The van der Waals surface area contributed by atoms with Crippen molar-refractivity contribution in [3.05, 3.63) is 24.3 Å². The Balaban J connectivity index is 3.41. The molecule has 0 fully saturated rings. The van der Waals surface area contributed by atoms with Crippen LogP contribution in [-0.2, 0) is 14.3 Å². The first-order valence-electron chi connectivity index (χ1n) is 28.6. The van der Waals surface area contributed by atoms with Crippen molar-refractivity contribution in [3.63, 3.8) is 0 Å². The van der Waals surface area contributed by atoms with Crippen molar-refractivity contribution < 1.29 is 24.5 Å². The zero-order valence-corrected chi connectivity index (χ0v) is 43.0. The minimum absolute atomic E-state index is 0.00285. The quantitative estimate of drug-likeness (QED) is 0.0321. The van der Waals surface area contributed by atoms with Gasteiger partial charge in [-0.25, -0.2) is 0 Å². The molecule has 0 aromatic rings. The number of ether oxygens (including phenoxy) is 1. The molecule has 0 aliphatic heterocycles. The van der Waals surface area contributed by atoms with E-state index in [9.17, 15) is 19.8 Å². The largest absolute Gasteiger partial charge is 0.466 e. The summed E-state index contributed by atoms with van der Waals surface area (Å²) in [5.74, 6) is -0.0459. The number of unbranched alkanes of at least 4 members (excludes halogenated alkanes) is 38. The van der Waals surface area contributed by atoms with Gasteiger partial charge in [0.15, 0.2) is 0 Å². The Morgan fingerprint density at radius 2 is 0.781 bits per heavy atom. The third-order valence-electron chi connectivity index (χ3n) is 13.3. The van der Waals surface area contributed by atoms with Gasteiger partial charge in [0.2, 0.25) is 5.91 Å². The highest BCUT2D eigenvalue weighted by molar-refractivity contribution is 5.76. The van der Waals surface area contributed by atoms with Gasteiger partial charge in [-0.3, -0.25) is 9.59 Å². The van der Waals surface area contributed by atoms with Crippen LogP contribution in [0.25, 0.3) is 0 Å². The maximum atomic E-state index is 12.5. The number of aliphatic hydroxyl groups excluding tert-OH is 2. The summed E-state index contributed by atoms with van der Waals surface area (Å²) in [6.45, 7) is 4.92. The van der Waals surface area contributed by atoms with Crippen molar-refractivity contribution >= 4 is 11.9 Å². The molecule has 0 rings (SSSR count). The zero-order valence-electron chi connectivity index (χ0n) is 43.0. The molecule has 0 aliphatic rings. The number of hydrogen-bond donors (Lipinski definition) is 3. The molecule has 6 nitrogen and oxygen atoms in total. The number of amides is 1. The summed E-state index contributed by atoms with van der Waals surface area (Å²) in [4.78, 5) is 24.5. The normalized spacial score (nSPS) is 12.8. The van der Waals surface area contributed by atoms with Crippen LogP contribution in [0.1, 0.15) is 309 Å². The molecule has 0 saturated carbocycles. The van der Waals surface area contributed by atoms with E-state index >= 15 is 0 Å². The number of rotatable bonds is 53. The molecule has 0 aromatic carbocycles. The number of nitrogens with one attached hydrogen (secondary N) is 1. The van der Waals surface area contributed by atoms with Crippen molar-refractivity contribution in [1.29, 1.82) is 0 Å². The summed E-state index contributed by atoms with van der Waals surface area (Å²) in [5, 5.41) is 23.2. The van der Waals surface area contributed by atoms with Crippen LogP contribution in [0.4, 0.5) is 0 Å². The zero-order chi connectivity index (χ0) is 46.5. The molecule has 0 aromatic heterocycles. The second-order valence-corrected chi connectivity index (χ2v) is 19.6. The number of hydrogen-bond acceptors (Lipinski definition) is 5. The Bertz CT molecular complexity index is 997. The Morgan fingerprint density at radius 3 is 1.22 bits per heavy atom. The maximum absolute atomic E-state index is 12.5. The van der Waals surface area contributed by atoms with E-state index in [1.165, 1.54) is 218 Å². The van der Waals surface area contributed by atoms with Crippen molar-refractivity contribution in [2.75, 3.05) is 13.2 Å². The van der Waals surface area contributed by atoms with Gasteiger partial charge in [-0.05, 0) is 57.8 Å². The highest BCUT2D eigenvalue weighted by Gasteiger charge is 2.20. The topological polar surface area (TPSA) is 95.9 Å². The van der Waals surface area contributed by atoms with Crippen LogP contribution in [0.3, 0.4) is 0 Å². The van der Waals surface area contributed by atoms with Gasteiger partial charge in [0.05, 0.1) is 25.4 Å². The Labute approximate surface area is 399 Å². The summed E-state index contributed by atoms with van der Waals surface area (Å²) in [6.07, 6.45) is 64.4. The summed E-state index contributed by atoms with van der Waals surface area (Å²) >= 11 is 0. The fraction of sp³-hybridized carbons (Fsp3) is 0.897. The first kappa shape index (κ1) is 62.3. The molecular formula is C58H111NO5. The minimum Gasteiger partial charge on any atom is -0.466 e. The summed E-state index contributed by atoms with van der Waals surface area (Å²) in [7, 11) is 0.